The molecule has 2 rings (SSSR count). The molecule has 1 aromatic heterocycles. The Bertz CT molecular complexity index is 648. The van der Waals surface area contributed by atoms with Gasteiger partial charge in [0, 0.05) is 18.6 Å². The minimum Gasteiger partial charge on any atom is -0.350 e. The van der Waals surface area contributed by atoms with E-state index >= 15 is 0 Å². The molecule has 0 radical (unpaired) electrons. The number of fused-ring (bicyclic) bond motifs is 1. The van der Waals surface area contributed by atoms with Crippen LogP contribution < -0.4 is 5.43 Å². The Hall–Kier alpha value is -1.68. The molecule has 1 heterocycles. The summed E-state index contributed by atoms with van der Waals surface area (Å²) in [5, 5.41) is 0.0929. The minimum absolute atomic E-state index is 0.00303. The molecule has 0 atom stereocenters. The molecule has 82 valence electrons. The van der Waals surface area contributed by atoms with E-state index in [1.165, 1.54) is 12.3 Å². The fourth-order valence-electron chi connectivity index (χ4n) is 1.59. The van der Waals surface area contributed by atoms with Crippen LogP contribution in [-0.2, 0) is 7.05 Å². The predicted octanol–water partition coefficient (Wildman–Crippen LogP) is 2.14. The van der Waals surface area contributed by atoms with Gasteiger partial charge in [0.05, 0.1) is 16.1 Å². The lowest BCUT2D eigenvalue weighted by molar-refractivity contribution is 0.112. The van der Waals surface area contributed by atoms with Crippen molar-refractivity contribution >= 4 is 28.8 Å². The van der Waals surface area contributed by atoms with Crippen LogP contribution in [0.4, 0.5) is 4.39 Å². The first-order valence-corrected chi connectivity index (χ1v) is 4.86. The second kappa shape index (κ2) is 3.72. The lowest BCUT2D eigenvalue weighted by Crippen LogP contribution is -2.13. The number of halogens is 2. The van der Waals surface area contributed by atoms with Crippen molar-refractivity contribution in [3.05, 3.63) is 45.0 Å². The number of aryl methyl sites for hydroxylation is 1. The molecule has 0 bridgehead atoms. The topological polar surface area (TPSA) is 39.1 Å². The summed E-state index contributed by atoms with van der Waals surface area (Å²) in [6.07, 6.45) is 1.85. The summed E-state index contributed by atoms with van der Waals surface area (Å²) in [5.41, 5.74) is -0.00242. The Morgan fingerprint density at radius 3 is 2.75 bits per heavy atom. The number of hydrogen-bond donors (Lipinski definition) is 0. The average molecular weight is 240 g/mol. The number of benzene rings is 1. The molecule has 0 amide bonds. The van der Waals surface area contributed by atoms with Gasteiger partial charge in [0.25, 0.3) is 0 Å². The summed E-state index contributed by atoms with van der Waals surface area (Å²) >= 11 is 5.63. The van der Waals surface area contributed by atoms with Gasteiger partial charge in [-0.2, -0.15) is 0 Å². The van der Waals surface area contributed by atoms with E-state index in [1.807, 2.05) is 0 Å². The van der Waals surface area contributed by atoms with Crippen molar-refractivity contribution in [2.24, 2.45) is 7.05 Å². The molecule has 0 N–H and O–H groups in total. The molecule has 0 aliphatic rings. The SMILES string of the molecule is Cn1cc(C=O)c(=O)c2cc(F)c(Cl)cc21. The number of hydrogen-bond acceptors (Lipinski definition) is 2. The van der Waals surface area contributed by atoms with Crippen LogP contribution in [0.1, 0.15) is 10.4 Å². The van der Waals surface area contributed by atoms with Gasteiger partial charge in [0.2, 0.25) is 0 Å². The van der Waals surface area contributed by atoms with E-state index in [4.69, 9.17) is 11.6 Å². The summed E-state index contributed by atoms with van der Waals surface area (Å²) in [6, 6.07) is 2.41. The number of carbonyl (C=O) groups excluding carboxylic acids is 1. The fraction of sp³-hybridized carbons (Fsp3) is 0.0909. The van der Waals surface area contributed by atoms with Crippen molar-refractivity contribution in [3.63, 3.8) is 0 Å². The third kappa shape index (κ3) is 1.51. The van der Waals surface area contributed by atoms with Gasteiger partial charge in [-0.25, -0.2) is 4.39 Å². The van der Waals surface area contributed by atoms with E-state index in [2.05, 4.69) is 0 Å². The molecule has 0 aliphatic heterocycles. The fourth-order valence-corrected chi connectivity index (χ4v) is 1.74. The molecule has 1 aromatic carbocycles. The number of aldehydes is 1. The summed E-state index contributed by atoms with van der Waals surface area (Å²) in [4.78, 5) is 22.4. The highest BCUT2D eigenvalue weighted by atomic mass is 35.5. The lowest BCUT2D eigenvalue weighted by Gasteiger charge is -2.06. The third-order valence-corrected chi connectivity index (χ3v) is 2.67. The lowest BCUT2D eigenvalue weighted by atomic mass is 10.1. The number of aromatic nitrogens is 1. The van der Waals surface area contributed by atoms with E-state index in [1.54, 1.807) is 11.6 Å². The number of pyridine rings is 1. The molecule has 0 spiro atoms. The zero-order chi connectivity index (χ0) is 11.9. The van der Waals surface area contributed by atoms with Crippen molar-refractivity contribution < 1.29 is 9.18 Å². The van der Waals surface area contributed by atoms with Gasteiger partial charge >= 0.3 is 0 Å². The Balaban J connectivity index is 3.02. The first-order valence-electron chi connectivity index (χ1n) is 4.48. The summed E-state index contributed by atoms with van der Waals surface area (Å²) in [5.74, 6) is -0.672. The average Bonchev–Trinajstić information content (AvgIpc) is 2.26. The molecule has 0 unspecified atom stereocenters. The smallest absolute Gasteiger partial charge is 0.199 e. The Morgan fingerprint density at radius 2 is 2.12 bits per heavy atom. The van der Waals surface area contributed by atoms with Crippen molar-refractivity contribution in [3.8, 4) is 0 Å². The third-order valence-electron chi connectivity index (χ3n) is 2.39. The van der Waals surface area contributed by atoms with Crippen LogP contribution in [0.15, 0.2) is 23.1 Å². The van der Waals surface area contributed by atoms with Gasteiger partial charge < -0.3 is 4.57 Å². The zero-order valence-corrected chi connectivity index (χ0v) is 9.08. The first kappa shape index (κ1) is 10.8. The van der Waals surface area contributed by atoms with Crippen LogP contribution in [0.2, 0.25) is 5.02 Å². The van der Waals surface area contributed by atoms with Gasteiger partial charge in [0.1, 0.15) is 5.82 Å². The van der Waals surface area contributed by atoms with E-state index < -0.39 is 11.2 Å². The maximum Gasteiger partial charge on any atom is 0.199 e. The monoisotopic (exact) mass is 239 g/mol. The first-order chi connectivity index (χ1) is 7.54. The van der Waals surface area contributed by atoms with Gasteiger partial charge in [-0.15, -0.1) is 0 Å². The van der Waals surface area contributed by atoms with Crippen LogP contribution in [0, 0.1) is 5.82 Å². The largest absolute Gasteiger partial charge is 0.350 e. The Morgan fingerprint density at radius 1 is 1.44 bits per heavy atom. The molecule has 0 saturated carbocycles. The Kier molecular flexibility index (Phi) is 2.52. The Labute approximate surface area is 95.1 Å². The molecule has 0 saturated heterocycles. The maximum atomic E-state index is 13.2. The summed E-state index contributed by atoms with van der Waals surface area (Å²) in [6.45, 7) is 0. The van der Waals surface area contributed by atoms with Crippen LogP contribution in [0.3, 0.4) is 0 Å². The number of nitrogens with zero attached hydrogens (tertiary/aromatic N) is 1. The molecule has 0 fully saturated rings. The van der Waals surface area contributed by atoms with Crippen molar-refractivity contribution in [1.82, 2.24) is 4.57 Å². The van der Waals surface area contributed by atoms with Crippen LogP contribution in [0.25, 0.3) is 10.9 Å². The minimum atomic E-state index is -0.672. The van der Waals surface area contributed by atoms with Gasteiger partial charge in [-0.05, 0) is 12.1 Å². The van der Waals surface area contributed by atoms with Gasteiger partial charge in [-0.1, -0.05) is 11.6 Å². The predicted molar refractivity (Wildman–Crippen MR) is 59.5 cm³/mol. The van der Waals surface area contributed by atoms with Crippen molar-refractivity contribution in [1.29, 1.82) is 0 Å². The molecule has 2 aromatic rings. The zero-order valence-electron chi connectivity index (χ0n) is 8.33. The highest BCUT2D eigenvalue weighted by molar-refractivity contribution is 6.31. The normalized spacial score (nSPS) is 10.7. The highest BCUT2D eigenvalue weighted by Gasteiger charge is 2.10. The highest BCUT2D eigenvalue weighted by Crippen LogP contribution is 2.20. The standard InChI is InChI=1S/C11H7ClFNO2/c1-14-4-6(5-15)11(16)7-2-9(13)8(12)3-10(7)14/h2-5H,1H3. The molecule has 3 nitrogen and oxygen atoms in total. The van der Waals surface area contributed by atoms with E-state index in [-0.39, 0.29) is 16.0 Å². The summed E-state index contributed by atoms with van der Waals surface area (Å²) < 4.78 is 14.8. The van der Waals surface area contributed by atoms with E-state index in [0.29, 0.717) is 11.8 Å². The molecule has 0 aliphatic carbocycles. The van der Waals surface area contributed by atoms with Crippen LogP contribution in [0.5, 0.6) is 0 Å². The molecular formula is C11H7ClFNO2. The molecule has 5 heteroatoms. The van der Waals surface area contributed by atoms with Gasteiger partial charge in [-0.3, -0.25) is 9.59 Å². The maximum absolute atomic E-state index is 13.2. The summed E-state index contributed by atoms with van der Waals surface area (Å²) in [7, 11) is 1.66. The quantitative estimate of drug-likeness (QED) is 0.716. The van der Waals surface area contributed by atoms with Crippen LogP contribution in [-0.4, -0.2) is 10.9 Å². The van der Waals surface area contributed by atoms with Crippen LogP contribution >= 0.6 is 11.6 Å². The molecule has 16 heavy (non-hydrogen) atoms. The number of rotatable bonds is 1. The van der Waals surface area contributed by atoms with E-state index in [0.717, 1.165) is 6.07 Å². The second-order valence-corrected chi connectivity index (χ2v) is 3.83. The number of carbonyl (C=O) groups is 1. The van der Waals surface area contributed by atoms with Gasteiger partial charge in [0.15, 0.2) is 11.7 Å². The van der Waals surface area contributed by atoms with E-state index in [9.17, 15) is 14.0 Å². The van der Waals surface area contributed by atoms with Crippen molar-refractivity contribution in [2.75, 3.05) is 0 Å². The molecular weight excluding hydrogens is 233 g/mol. The van der Waals surface area contributed by atoms with Crippen molar-refractivity contribution in [2.45, 2.75) is 0 Å². The second-order valence-electron chi connectivity index (χ2n) is 3.43.